The summed E-state index contributed by atoms with van der Waals surface area (Å²) >= 11 is 0. The van der Waals surface area contributed by atoms with Crippen molar-refractivity contribution in [3.8, 4) is 0 Å². The maximum atomic E-state index is 11.4. The molecule has 0 radical (unpaired) electrons. The third-order valence-corrected chi connectivity index (χ3v) is 2.60. The molecule has 0 aliphatic carbocycles. The minimum absolute atomic E-state index is 0.0508. The van der Waals surface area contributed by atoms with E-state index in [4.69, 9.17) is 9.47 Å². The van der Waals surface area contributed by atoms with Crippen molar-refractivity contribution in [2.24, 2.45) is 5.92 Å². The van der Waals surface area contributed by atoms with Crippen molar-refractivity contribution in [1.82, 2.24) is 0 Å². The SMILES string of the molecule is CCC(OC(=O)OC(C)(C)CC)C(C)C. The maximum absolute atomic E-state index is 11.4. The molecule has 0 amide bonds. The van der Waals surface area contributed by atoms with Gasteiger partial charge in [-0.05, 0) is 32.6 Å². The average molecular weight is 216 g/mol. The van der Waals surface area contributed by atoms with Crippen molar-refractivity contribution in [3.63, 3.8) is 0 Å². The topological polar surface area (TPSA) is 35.5 Å². The van der Waals surface area contributed by atoms with Gasteiger partial charge in [-0.3, -0.25) is 0 Å². The predicted molar refractivity (Wildman–Crippen MR) is 60.9 cm³/mol. The number of hydrogen-bond acceptors (Lipinski definition) is 3. The summed E-state index contributed by atoms with van der Waals surface area (Å²) in [7, 11) is 0. The molecule has 0 aromatic carbocycles. The van der Waals surface area contributed by atoms with Gasteiger partial charge in [-0.25, -0.2) is 4.79 Å². The van der Waals surface area contributed by atoms with Gasteiger partial charge < -0.3 is 9.47 Å². The second-order valence-corrected chi connectivity index (χ2v) is 4.77. The zero-order valence-corrected chi connectivity index (χ0v) is 10.8. The maximum Gasteiger partial charge on any atom is 0.509 e. The van der Waals surface area contributed by atoms with E-state index in [0.29, 0.717) is 5.92 Å². The molecule has 0 aromatic heterocycles. The van der Waals surface area contributed by atoms with Crippen LogP contribution in [0.15, 0.2) is 0 Å². The fourth-order valence-corrected chi connectivity index (χ4v) is 1.14. The lowest BCUT2D eigenvalue weighted by Crippen LogP contribution is -2.31. The van der Waals surface area contributed by atoms with Crippen LogP contribution in [0.3, 0.4) is 0 Å². The normalized spacial score (nSPS) is 13.8. The number of carbonyl (C=O) groups is 1. The van der Waals surface area contributed by atoms with Crippen LogP contribution in [0.1, 0.15) is 54.4 Å². The predicted octanol–water partition coefficient (Wildman–Crippen LogP) is 3.76. The Labute approximate surface area is 93.1 Å². The Bertz CT molecular complexity index is 197. The Kier molecular flexibility index (Phi) is 5.69. The van der Waals surface area contributed by atoms with Gasteiger partial charge in [0.25, 0.3) is 0 Å². The molecular formula is C12H24O3. The molecule has 0 spiro atoms. The molecular weight excluding hydrogens is 192 g/mol. The molecule has 0 aliphatic heterocycles. The Hall–Kier alpha value is -0.730. The van der Waals surface area contributed by atoms with Crippen LogP contribution >= 0.6 is 0 Å². The van der Waals surface area contributed by atoms with E-state index in [-0.39, 0.29) is 6.10 Å². The second kappa shape index (κ2) is 5.99. The summed E-state index contributed by atoms with van der Waals surface area (Å²) in [6.07, 6.45) is 0.993. The van der Waals surface area contributed by atoms with E-state index in [9.17, 15) is 4.79 Å². The van der Waals surface area contributed by atoms with Crippen LogP contribution in [-0.4, -0.2) is 17.9 Å². The number of hydrogen-bond donors (Lipinski definition) is 0. The van der Waals surface area contributed by atoms with Crippen LogP contribution in [0.25, 0.3) is 0 Å². The van der Waals surface area contributed by atoms with E-state index in [0.717, 1.165) is 12.8 Å². The first-order valence-corrected chi connectivity index (χ1v) is 5.72. The van der Waals surface area contributed by atoms with Crippen LogP contribution in [0.5, 0.6) is 0 Å². The molecule has 3 nitrogen and oxygen atoms in total. The fourth-order valence-electron chi connectivity index (χ4n) is 1.14. The lowest BCUT2D eigenvalue weighted by atomic mass is 10.1. The summed E-state index contributed by atoms with van der Waals surface area (Å²) in [5, 5.41) is 0. The first-order chi connectivity index (χ1) is 6.82. The quantitative estimate of drug-likeness (QED) is 0.656. The van der Waals surface area contributed by atoms with Crippen molar-refractivity contribution in [2.75, 3.05) is 0 Å². The highest BCUT2D eigenvalue weighted by Crippen LogP contribution is 2.17. The van der Waals surface area contributed by atoms with Gasteiger partial charge in [-0.2, -0.15) is 0 Å². The highest BCUT2D eigenvalue weighted by molar-refractivity contribution is 5.60. The van der Waals surface area contributed by atoms with E-state index in [1.54, 1.807) is 0 Å². The molecule has 0 fully saturated rings. The minimum Gasteiger partial charge on any atom is -0.431 e. The van der Waals surface area contributed by atoms with Gasteiger partial charge in [0.05, 0.1) is 0 Å². The highest BCUT2D eigenvalue weighted by atomic mass is 16.7. The van der Waals surface area contributed by atoms with Crippen molar-refractivity contribution in [3.05, 3.63) is 0 Å². The largest absolute Gasteiger partial charge is 0.509 e. The Morgan fingerprint density at radius 1 is 1.27 bits per heavy atom. The molecule has 1 atom stereocenters. The van der Waals surface area contributed by atoms with Crippen molar-refractivity contribution >= 4 is 6.16 Å². The molecule has 0 rings (SSSR count). The summed E-state index contributed by atoms with van der Waals surface area (Å²) in [6.45, 7) is 11.8. The molecule has 0 heterocycles. The minimum atomic E-state index is -0.553. The molecule has 90 valence electrons. The average Bonchev–Trinajstić information content (AvgIpc) is 2.13. The molecule has 0 saturated heterocycles. The Balaban J connectivity index is 4.13. The monoisotopic (exact) mass is 216 g/mol. The van der Waals surface area contributed by atoms with Gasteiger partial charge in [0.2, 0.25) is 0 Å². The van der Waals surface area contributed by atoms with Gasteiger partial charge in [0.15, 0.2) is 0 Å². The lowest BCUT2D eigenvalue weighted by Gasteiger charge is -2.25. The summed E-state index contributed by atoms with van der Waals surface area (Å²) in [5.74, 6) is 0.326. The first kappa shape index (κ1) is 14.3. The zero-order chi connectivity index (χ0) is 12.1. The van der Waals surface area contributed by atoms with Crippen molar-refractivity contribution < 1.29 is 14.3 Å². The number of carbonyl (C=O) groups excluding carboxylic acids is 1. The van der Waals surface area contributed by atoms with Gasteiger partial charge in [-0.15, -0.1) is 0 Å². The smallest absolute Gasteiger partial charge is 0.431 e. The van der Waals surface area contributed by atoms with Crippen molar-refractivity contribution in [2.45, 2.75) is 66.1 Å². The second-order valence-electron chi connectivity index (χ2n) is 4.77. The van der Waals surface area contributed by atoms with Gasteiger partial charge >= 0.3 is 6.16 Å². The van der Waals surface area contributed by atoms with Gasteiger partial charge in [-0.1, -0.05) is 27.7 Å². The standard InChI is InChI=1S/C12H24O3/c1-7-10(9(3)4)14-11(13)15-12(5,6)8-2/h9-10H,7-8H2,1-6H3. The van der Waals surface area contributed by atoms with Gasteiger partial charge in [0.1, 0.15) is 11.7 Å². The molecule has 3 heteroatoms. The van der Waals surface area contributed by atoms with Crippen LogP contribution in [0.4, 0.5) is 4.79 Å². The Morgan fingerprint density at radius 2 is 1.80 bits per heavy atom. The molecule has 0 saturated carbocycles. The lowest BCUT2D eigenvalue weighted by molar-refractivity contribution is -0.0448. The van der Waals surface area contributed by atoms with E-state index in [2.05, 4.69) is 0 Å². The summed E-state index contributed by atoms with van der Waals surface area (Å²) in [5.41, 5.74) is -0.438. The highest BCUT2D eigenvalue weighted by Gasteiger charge is 2.24. The van der Waals surface area contributed by atoms with E-state index in [1.165, 1.54) is 0 Å². The number of ether oxygens (including phenoxy) is 2. The molecule has 0 N–H and O–H groups in total. The zero-order valence-electron chi connectivity index (χ0n) is 10.8. The number of rotatable bonds is 5. The van der Waals surface area contributed by atoms with Crippen LogP contribution < -0.4 is 0 Å². The summed E-state index contributed by atoms with van der Waals surface area (Å²) < 4.78 is 10.4. The van der Waals surface area contributed by atoms with Crippen LogP contribution in [-0.2, 0) is 9.47 Å². The third kappa shape index (κ3) is 5.65. The van der Waals surface area contributed by atoms with Crippen LogP contribution in [0, 0.1) is 5.92 Å². The van der Waals surface area contributed by atoms with Crippen molar-refractivity contribution in [1.29, 1.82) is 0 Å². The molecule has 15 heavy (non-hydrogen) atoms. The van der Waals surface area contributed by atoms with Crippen LogP contribution in [0.2, 0.25) is 0 Å². The summed E-state index contributed by atoms with van der Waals surface area (Å²) in [4.78, 5) is 11.4. The Morgan fingerprint density at radius 3 is 2.13 bits per heavy atom. The summed E-state index contributed by atoms with van der Waals surface area (Å²) in [6, 6.07) is 0. The van der Waals surface area contributed by atoms with E-state index >= 15 is 0 Å². The third-order valence-electron chi connectivity index (χ3n) is 2.60. The molecule has 1 unspecified atom stereocenters. The molecule has 0 aromatic rings. The molecule has 0 aliphatic rings. The van der Waals surface area contributed by atoms with E-state index in [1.807, 2.05) is 41.5 Å². The van der Waals surface area contributed by atoms with Gasteiger partial charge in [0, 0.05) is 0 Å². The fraction of sp³-hybridized carbons (Fsp3) is 0.917. The van der Waals surface area contributed by atoms with E-state index < -0.39 is 11.8 Å². The molecule has 0 bridgehead atoms. The first-order valence-electron chi connectivity index (χ1n) is 5.72.